The molecule has 7 heteroatoms. The van der Waals surface area contributed by atoms with Gasteiger partial charge in [0.15, 0.2) is 0 Å². The number of hydrogen-bond donors (Lipinski definition) is 2. The van der Waals surface area contributed by atoms with Crippen molar-refractivity contribution in [1.29, 1.82) is 0 Å². The summed E-state index contributed by atoms with van der Waals surface area (Å²) in [5, 5.41) is 16.4. The number of carbonyl (C=O) groups excluding carboxylic acids is 1. The molecule has 0 saturated heterocycles. The van der Waals surface area contributed by atoms with Gasteiger partial charge in [-0.1, -0.05) is 6.07 Å². The molecule has 1 aromatic heterocycles. The number of amides is 1. The second-order valence-corrected chi connectivity index (χ2v) is 3.90. The highest BCUT2D eigenvalue weighted by Crippen LogP contribution is 2.28. The number of para-hydroxylation sites is 1. The molecule has 0 aliphatic rings. The lowest BCUT2D eigenvalue weighted by molar-refractivity contribution is -0.384. The van der Waals surface area contributed by atoms with Crippen LogP contribution < -0.4 is 10.6 Å². The maximum atomic E-state index is 12.1. The quantitative estimate of drug-likeness (QED) is 0.657. The van der Waals surface area contributed by atoms with Gasteiger partial charge >= 0.3 is 5.69 Å². The first kappa shape index (κ1) is 13.5. The molecule has 7 nitrogen and oxygen atoms in total. The fourth-order valence-electron chi connectivity index (χ4n) is 1.76. The predicted molar refractivity (Wildman–Crippen MR) is 74.8 cm³/mol. The Labute approximate surface area is 114 Å². The van der Waals surface area contributed by atoms with Gasteiger partial charge in [0, 0.05) is 25.1 Å². The minimum absolute atomic E-state index is 0.00124. The highest BCUT2D eigenvalue weighted by Gasteiger charge is 2.23. The Balaban J connectivity index is 2.37. The standard InChI is InChI=1S/C13H12N4O3/c1-14-11-4-2-3-10(12(11)17(19)20)13(18)16-9-5-7-15-8-6-9/h2-8,14H,1H3,(H,15,16,18). The molecule has 0 fully saturated rings. The summed E-state index contributed by atoms with van der Waals surface area (Å²) >= 11 is 0. The molecular weight excluding hydrogens is 260 g/mol. The lowest BCUT2D eigenvalue weighted by atomic mass is 10.1. The normalized spacial score (nSPS) is 9.85. The van der Waals surface area contributed by atoms with Crippen LogP contribution in [0.1, 0.15) is 10.4 Å². The first-order chi connectivity index (χ1) is 9.63. The van der Waals surface area contributed by atoms with E-state index >= 15 is 0 Å². The highest BCUT2D eigenvalue weighted by atomic mass is 16.6. The summed E-state index contributed by atoms with van der Waals surface area (Å²) in [6, 6.07) is 7.74. The Hall–Kier alpha value is -2.96. The first-order valence-electron chi connectivity index (χ1n) is 5.80. The zero-order valence-electron chi connectivity index (χ0n) is 10.7. The van der Waals surface area contributed by atoms with Gasteiger partial charge in [0.2, 0.25) is 0 Å². The van der Waals surface area contributed by atoms with Crippen LogP contribution in [-0.2, 0) is 0 Å². The number of nitrogens with zero attached hydrogens (tertiary/aromatic N) is 2. The summed E-state index contributed by atoms with van der Waals surface area (Å²) < 4.78 is 0. The SMILES string of the molecule is CNc1cccc(C(=O)Nc2ccncc2)c1[N+](=O)[O-]. The average Bonchev–Trinajstić information content (AvgIpc) is 2.47. The molecule has 0 unspecified atom stereocenters. The summed E-state index contributed by atoms with van der Waals surface area (Å²) in [5.74, 6) is -0.542. The van der Waals surface area contributed by atoms with Gasteiger partial charge in [-0.3, -0.25) is 19.9 Å². The second kappa shape index (κ2) is 5.79. The van der Waals surface area contributed by atoms with Crippen molar-refractivity contribution in [2.24, 2.45) is 0 Å². The Kier molecular flexibility index (Phi) is 3.90. The van der Waals surface area contributed by atoms with Crippen molar-refractivity contribution < 1.29 is 9.72 Å². The molecule has 0 spiro atoms. The van der Waals surface area contributed by atoms with Crippen LogP contribution in [0, 0.1) is 10.1 Å². The van der Waals surface area contributed by atoms with E-state index in [9.17, 15) is 14.9 Å². The van der Waals surface area contributed by atoms with Crippen LogP contribution in [0.5, 0.6) is 0 Å². The summed E-state index contributed by atoms with van der Waals surface area (Å²) in [6.07, 6.45) is 3.04. The van der Waals surface area contributed by atoms with E-state index in [2.05, 4.69) is 15.6 Å². The third-order valence-electron chi connectivity index (χ3n) is 2.67. The highest BCUT2D eigenvalue weighted by molar-refractivity contribution is 6.08. The van der Waals surface area contributed by atoms with Crippen molar-refractivity contribution in [3.05, 3.63) is 58.4 Å². The Morgan fingerprint density at radius 1 is 1.25 bits per heavy atom. The number of benzene rings is 1. The van der Waals surface area contributed by atoms with Crippen LogP contribution in [0.3, 0.4) is 0 Å². The smallest absolute Gasteiger partial charge is 0.305 e. The number of hydrogen-bond acceptors (Lipinski definition) is 5. The molecule has 0 atom stereocenters. The lowest BCUT2D eigenvalue weighted by Gasteiger charge is -2.08. The largest absolute Gasteiger partial charge is 0.383 e. The molecule has 0 saturated carbocycles. The van der Waals surface area contributed by atoms with Gasteiger partial charge in [0.05, 0.1) is 4.92 Å². The number of rotatable bonds is 4. The van der Waals surface area contributed by atoms with E-state index in [4.69, 9.17) is 0 Å². The van der Waals surface area contributed by atoms with Gasteiger partial charge < -0.3 is 10.6 Å². The predicted octanol–water partition coefficient (Wildman–Crippen LogP) is 2.28. The summed E-state index contributed by atoms with van der Waals surface area (Å²) in [5.41, 5.74) is 0.562. The van der Waals surface area contributed by atoms with Crippen LogP contribution >= 0.6 is 0 Å². The third-order valence-corrected chi connectivity index (χ3v) is 2.67. The zero-order valence-corrected chi connectivity index (χ0v) is 10.7. The minimum atomic E-state index is -0.576. The lowest BCUT2D eigenvalue weighted by Crippen LogP contribution is -2.14. The van der Waals surface area contributed by atoms with Crippen LogP contribution in [0.25, 0.3) is 0 Å². The van der Waals surface area contributed by atoms with Gasteiger partial charge in [-0.05, 0) is 24.3 Å². The van der Waals surface area contributed by atoms with E-state index < -0.39 is 10.8 Å². The zero-order chi connectivity index (χ0) is 14.5. The molecule has 2 rings (SSSR count). The Bertz CT molecular complexity index is 643. The molecule has 2 N–H and O–H groups in total. The molecular formula is C13H12N4O3. The van der Waals surface area contributed by atoms with Crippen molar-refractivity contribution in [3.63, 3.8) is 0 Å². The van der Waals surface area contributed by atoms with Crippen LogP contribution in [0.4, 0.5) is 17.1 Å². The first-order valence-corrected chi connectivity index (χ1v) is 5.80. The maximum Gasteiger partial charge on any atom is 0.305 e. The summed E-state index contributed by atoms with van der Waals surface area (Å²) in [6.45, 7) is 0. The van der Waals surface area contributed by atoms with Gasteiger partial charge in [0.25, 0.3) is 5.91 Å². The molecule has 2 aromatic rings. The average molecular weight is 272 g/mol. The number of carbonyl (C=O) groups is 1. The van der Waals surface area contributed by atoms with Crippen LogP contribution in [0.15, 0.2) is 42.7 Å². The van der Waals surface area contributed by atoms with Gasteiger partial charge in [-0.2, -0.15) is 0 Å². The number of nitro benzene ring substituents is 1. The van der Waals surface area contributed by atoms with Gasteiger partial charge in [-0.15, -0.1) is 0 Å². The molecule has 102 valence electrons. The molecule has 1 aromatic carbocycles. The third kappa shape index (κ3) is 2.72. The van der Waals surface area contributed by atoms with Crippen LogP contribution in [-0.4, -0.2) is 22.9 Å². The number of nitro groups is 1. The van der Waals surface area contributed by atoms with Crippen molar-refractivity contribution in [1.82, 2.24) is 4.98 Å². The summed E-state index contributed by atoms with van der Waals surface area (Å²) in [7, 11) is 1.56. The Morgan fingerprint density at radius 2 is 1.95 bits per heavy atom. The van der Waals surface area contributed by atoms with Gasteiger partial charge in [0.1, 0.15) is 11.3 Å². The van der Waals surface area contributed by atoms with Crippen molar-refractivity contribution in [3.8, 4) is 0 Å². The maximum absolute atomic E-state index is 12.1. The molecule has 0 radical (unpaired) electrons. The van der Waals surface area contributed by atoms with Crippen LogP contribution in [0.2, 0.25) is 0 Å². The molecule has 0 bridgehead atoms. The van der Waals surface area contributed by atoms with E-state index in [0.29, 0.717) is 5.69 Å². The minimum Gasteiger partial charge on any atom is -0.383 e. The van der Waals surface area contributed by atoms with E-state index in [1.807, 2.05) is 0 Å². The molecule has 0 aliphatic heterocycles. The van der Waals surface area contributed by atoms with Crippen molar-refractivity contribution in [2.45, 2.75) is 0 Å². The molecule has 20 heavy (non-hydrogen) atoms. The monoisotopic (exact) mass is 272 g/mol. The van der Waals surface area contributed by atoms with E-state index in [0.717, 1.165) is 0 Å². The molecule has 0 aliphatic carbocycles. The number of anilines is 2. The Morgan fingerprint density at radius 3 is 2.55 bits per heavy atom. The molecule has 1 heterocycles. The second-order valence-electron chi connectivity index (χ2n) is 3.90. The van der Waals surface area contributed by atoms with Gasteiger partial charge in [-0.25, -0.2) is 0 Å². The topological polar surface area (TPSA) is 97.2 Å². The van der Waals surface area contributed by atoms with Crippen molar-refractivity contribution in [2.75, 3.05) is 17.7 Å². The fraction of sp³-hybridized carbons (Fsp3) is 0.0769. The van der Waals surface area contributed by atoms with E-state index in [1.165, 1.54) is 18.5 Å². The van der Waals surface area contributed by atoms with E-state index in [-0.39, 0.29) is 16.9 Å². The number of nitrogens with one attached hydrogen (secondary N) is 2. The van der Waals surface area contributed by atoms with Crippen molar-refractivity contribution >= 4 is 23.0 Å². The number of aromatic nitrogens is 1. The number of pyridine rings is 1. The fourth-order valence-corrected chi connectivity index (χ4v) is 1.76. The molecule has 1 amide bonds. The van der Waals surface area contributed by atoms with E-state index in [1.54, 1.807) is 31.3 Å². The summed E-state index contributed by atoms with van der Waals surface area (Å²) in [4.78, 5) is 26.5.